The highest BCUT2D eigenvalue weighted by atomic mass is 32.2. The average Bonchev–Trinajstić information content (AvgIpc) is 3.63. The molecule has 0 unspecified atom stereocenters. The molecular weight excluding hydrogens is 433 g/mol. The van der Waals surface area contributed by atoms with E-state index >= 15 is 0 Å². The number of anilines is 2. The van der Waals surface area contributed by atoms with Crippen molar-refractivity contribution in [1.29, 1.82) is 0 Å². The fourth-order valence-electron chi connectivity index (χ4n) is 5.50. The molecule has 2 aromatic carbocycles. The van der Waals surface area contributed by atoms with E-state index in [1.807, 2.05) is 12.3 Å². The number of rotatable bonds is 4. The Kier molecular flexibility index (Phi) is 5.07. The molecule has 1 aliphatic heterocycles. The van der Waals surface area contributed by atoms with Crippen molar-refractivity contribution in [2.24, 2.45) is 11.1 Å². The Morgan fingerprint density at radius 2 is 1.85 bits per heavy atom. The van der Waals surface area contributed by atoms with E-state index < -0.39 is 0 Å². The molecule has 1 saturated heterocycles. The second-order valence-electron chi connectivity index (χ2n) is 9.68. The van der Waals surface area contributed by atoms with Crippen LogP contribution in [-0.4, -0.2) is 23.1 Å². The fraction of sp³-hybridized carbons (Fsp3) is 0.385. The molecule has 170 valence electrons. The zero-order valence-corrected chi connectivity index (χ0v) is 19.3. The van der Waals surface area contributed by atoms with Crippen LogP contribution in [0.1, 0.15) is 54.3 Å². The number of benzene rings is 2. The third kappa shape index (κ3) is 3.77. The van der Waals surface area contributed by atoms with E-state index in [0.29, 0.717) is 16.8 Å². The SMILES string of the molecule is Nc1nc(N2CCC3(CC2)Cc2ccccc2[C@H]3N)cnc1Sc1ccc(F)c(C2CC2)c1. The van der Waals surface area contributed by atoms with E-state index in [1.54, 1.807) is 12.1 Å². The molecule has 5 nitrogen and oxygen atoms in total. The van der Waals surface area contributed by atoms with E-state index in [0.717, 1.165) is 61.5 Å². The predicted octanol–water partition coefficient (Wildman–Crippen LogP) is 5.07. The van der Waals surface area contributed by atoms with Gasteiger partial charge < -0.3 is 16.4 Å². The van der Waals surface area contributed by atoms with E-state index in [-0.39, 0.29) is 17.3 Å². The van der Waals surface area contributed by atoms with Crippen molar-refractivity contribution in [1.82, 2.24) is 9.97 Å². The lowest BCUT2D eigenvalue weighted by atomic mass is 9.73. The smallest absolute Gasteiger partial charge is 0.158 e. The number of hydrogen-bond donors (Lipinski definition) is 2. The Bertz CT molecular complexity index is 1200. The van der Waals surface area contributed by atoms with Crippen molar-refractivity contribution in [3.8, 4) is 0 Å². The Balaban J connectivity index is 1.15. The summed E-state index contributed by atoms with van der Waals surface area (Å²) in [6.45, 7) is 1.79. The number of nitrogen functional groups attached to an aromatic ring is 1. The summed E-state index contributed by atoms with van der Waals surface area (Å²) in [6, 6.07) is 13.9. The van der Waals surface area contributed by atoms with Gasteiger partial charge in [-0.2, -0.15) is 0 Å². The molecule has 0 amide bonds. The number of aromatic nitrogens is 2. The van der Waals surface area contributed by atoms with E-state index in [2.05, 4.69) is 39.1 Å². The first kappa shape index (κ1) is 20.9. The fourth-order valence-corrected chi connectivity index (χ4v) is 6.31. The normalized spacial score (nSPS) is 21.4. The molecule has 1 saturated carbocycles. The van der Waals surface area contributed by atoms with Crippen molar-refractivity contribution in [3.05, 3.63) is 71.2 Å². The van der Waals surface area contributed by atoms with Crippen LogP contribution in [0.4, 0.5) is 16.0 Å². The number of hydrogen-bond acceptors (Lipinski definition) is 6. The Labute approximate surface area is 197 Å². The van der Waals surface area contributed by atoms with Crippen LogP contribution >= 0.6 is 11.8 Å². The Morgan fingerprint density at radius 3 is 2.58 bits per heavy atom. The zero-order chi connectivity index (χ0) is 22.6. The molecule has 2 heterocycles. The second kappa shape index (κ2) is 7.99. The molecule has 2 fully saturated rings. The van der Waals surface area contributed by atoms with Gasteiger partial charge in [-0.3, -0.25) is 0 Å². The highest BCUT2D eigenvalue weighted by Gasteiger charge is 2.45. The first-order chi connectivity index (χ1) is 16.0. The van der Waals surface area contributed by atoms with E-state index in [9.17, 15) is 4.39 Å². The van der Waals surface area contributed by atoms with Gasteiger partial charge in [-0.05, 0) is 78.3 Å². The molecule has 1 spiro atoms. The summed E-state index contributed by atoms with van der Waals surface area (Å²) in [6.07, 6.45) is 7.06. The monoisotopic (exact) mass is 461 g/mol. The van der Waals surface area contributed by atoms with Crippen molar-refractivity contribution in [2.75, 3.05) is 23.7 Å². The number of piperidine rings is 1. The summed E-state index contributed by atoms with van der Waals surface area (Å²) in [5.41, 5.74) is 16.6. The molecule has 2 aliphatic carbocycles. The lowest BCUT2D eigenvalue weighted by Gasteiger charge is -2.42. The largest absolute Gasteiger partial charge is 0.381 e. The van der Waals surface area contributed by atoms with Gasteiger partial charge in [-0.25, -0.2) is 14.4 Å². The standard InChI is InChI=1S/C26H28FN5S/c27-21-8-7-18(13-20(21)16-5-6-16)33-25-24(29)31-22(15-30-25)32-11-9-26(10-12-32)14-17-3-1-2-4-19(17)23(26)28/h1-4,7-8,13,15-16,23H,5-6,9-12,14,28H2,(H2,29,31)/t23-/m1/s1. The van der Waals surface area contributed by atoms with Crippen LogP contribution in [0.3, 0.4) is 0 Å². The van der Waals surface area contributed by atoms with Gasteiger partial charge >= 0.3 is 0 Å². The van der Waals surface area contributed by atoms with Crippen LogP contribution in [0.15, 0.2) is 58.6 Å². The summed E-state index contributed by atoms with van der Waals surface area (Å²) in [7, 11) is 0. The lowest BCUT2D eigenvalue weighted by Crippen LogP contribution is -2.44. The number of nitrogens with zero attached hydrogens (tertiary/aromatic N) is 3. The summed E-state index contributed by atoms with van der Waals surface area (Å²) in [4.78, 5) is 12.5. The quantitative estimate of drug-likeness (QED) is 0.565. The molecule has 1 atom stereocenters. The van der Waals surface area contributed by atoms with Gasteiger partial charge in [0.15, 0.2) is 5.82 Å². The molecule has 33 heavy (non-hydrogen) atoms. The van der Waals surface area contributed by atoms with Crippen molar-refractivity contribution in [3.63, 3.8) is 0 Å². The van der Waals surface area contributed by atoms with Crippen LogP contribution in [0, 0.1) is 11.2 Å². The molecule has 0 bridgehead atoms. The molecule has 3 aromatic rings. The summed E-state index contributed by atoms with van der Waals surface area (Å²) >= 11 is 1.45. The molecule has 0 radical (unpaired) electrons. The maximum Gasteiger partial charge on any atom is 0.158 e. The molecule has 7 heteroatoms. The third-order valence-corrected chi connectivity index (χ3v) is 8.62. The van der Waals surface area contributed by atoms with Crippen LogP contribution in [0.25, 0.3) is 0 Å². The topological polar surface area (TPSA) is 81.1 Å². The highest BCUT2D eigenvalue weighted by molar-refractivity contribution is 7.99. The van der Waals surface area contributed by atoms with Crippen LogP contribution < -0.4 is 16.4 Å². The van der Waals surface area contributed by atoms with Crippen molar-refractivity contribution < 1.29 is 4.39 Å². The maximum atomic E-state index is 14.1. The number of fused-ring (bicyclic) bond motifs is 1. The summed E-state index contributed by atoms with van der Waals surface area (Å²) in [5.74, 6) is 1.47. The summed E-state index contributed by atoms with van der Waals surface area (Å²) in [5, 5.41) is 0.661. The molecule has 6 rings (SSSR count). The summed E-state index contributed by atoms with van der Waals surface area (Å²) < 4.78 is 14.1. The van der Waals surface area contributed by atoms with E-state index in [4.69, 9.17) is 11.5 Å². The van der Waals surface area contributed by atoms with Gasteiger partial charge in [-0.1, -0.05) is 36.0 Å². The van der Waals surface area contributed by atoms with Crippen LogP contribution in [0.5, 0.6) is 0 Å². The predicted molar refractivity (Wildman–Crippen MR) is 130 cm³/mol. The maximum absolute atomic E-state index is 14.1. The first-order valence-electron chi connectivity index (χ1n) is 11.7. The minimum Gasteiger partial charge on any atom is -0.381 e. The highest BCUT2D eigenvalue weighted by Crippen LogP contribution is 2.51. The third-order valence-electron chi connectivity index (χ3n) is 7.63. The Hall–Kier alpha value is -2.64. The molecule has 4 N–H and O–H groups in total. The Morgan fingerprint density at radius 1 is 1.06 bits per heavy atom. The van der Waals surface area contributed by atoms with Gasteiger partial charge in [-0.15, -0.1) is 0 Å². The van der Waals surface area contributed by atoms with Crippen LogP contribution in [-0.2, 0) is 6.42 Å². The minimum atomic E-state index is -0.121. The van der Waals surface area contributed by atoms with Gasteiger partial charge in [0.05, 0.1) is 6.20 Å². The van der Waals surface area contributed by atoms with Crippen molar-refractivity contribution in [2.45, 2.75) is 54.0 Å². The van der Waals surface area contributed by atoms with Gasteiger partial charge in [0.25, 0.3) is 0 Å². The van der Waals surface area contributed by atoms with Crippen LogP contribution in [0.2, 0.25) is 0 Å². The first-order valence-corrected chi connectivity index (χ1v) is 12.5. The number of nitrogens with two attached hydrogens (primary N) is 2. The van der Waals surface area contributed by atoms with E-state index in [1.165, 1.54) is 22.9 Å². The molecule has 1 aromatic heterocycles. The molecule has 3 aliphatic rings. The van der Waals surface area contributed by atoms with Gasteiger partial charge in [0.1, 0.15) is 16.7 Å². The second-order valence-corrected chi connectivity index (χ2v) is 10.7. The minimum absolute atomic E-state index is 0.0991. The zero-order valence-electron chi connectivity index (χ0n) is 18.5. The van der Waals surface area contributed by atoms with Gasteiger partial charge in [0.2, 0.25) is 0 Å². The molecular formula is C26H28FN5S. The van der Waals surface area contributed by atoms with Gasteiger partial charge in [0, 0.05) is 24.0 Å². The lowest BCUT2D eigenvalue weighted by molar-refractivity contribution is 0.187. The van der Waals surface area contributed by atoms with Crippen molar-refractivity contribution >= 4 is 23.4 Å². The number of halogens is 1. The average molecular weight is 462 g/mol.